The number of nitrogens with two attached hydrogens (primary N) is 1. The molecule has 2 amide bonds. The second kappa shape index (κ2) is 8.63. The van der Waals surface area contributed by atoms with Gasteiger partial charge in [0.2, 0.25) is 5.91 Å². The molecule has 2 aromatic rings. The Kier molecular flexibility index (Phi) is 6.02. The minimum atomic E-state index is -0.208. The molecule has 3 rings (SSSR count). The summed E-state index contributed by atoms with van der Waals surface area (Å²) < 4.78 is 0. The Hall–Kier alpha value is -2.66. The Morgan fingerprint density at radius 1 is 0.923 bits per heavy atom. The maximum absolute atomic E-state index is 12.6. The third-order valence-corrected chi connectivity index (χ3v) is 4.95. The van der Waals surface area contributed by atoms with Crippen molar-refractivity contribution in [3.8, 4) is 11.1 Å². The average Bonchev–Trinajstić information content (AvgIpc) is 2.69. The smallest absolute Gasteiger partial charge is 0.251 e. The van der Waals surface area contributed by atoms with E-state index in [1.165, 1.54) is 0 Å². The molecule has 0 spiro atoms. The summed E-state index contributed by atoms with van der Waals surface area (Å²) in [6.45, 7) is 0.122. The number of carbonyl (C=O) groups excluding carboxylic acids is 2. The third-order valence-electron chi connectivity index (χ3n) is 4.95. The lowest BCUT2D eigenvalue weighted by Crippen LogP contribution is -2.49. The largest absolute Gasteiger partial charge is 0.349 e. The number of amides is 2. The fourth-order valence-electron chi connectivity index (χ4n) is 3.55. The second-order valence-electron chi connectivity index (χ2n) is 6.66. The van der Waals surface area contributed by atoms with Crippen molar-refractivity contribution in [2.75, 3.05) is 6.67 Å². The van der Waals surface area contributed by atoms with Crippen LogP contribution in [0.4, 0.5) is 0 Å². The highest BCUT2D eigenvalue weighted by molar-refractivity contribution is 5.95. The number of rotatable bonds is 5. The quantitative estimate of drug-likeness (QED) is 0.724. The summed E-state index contributed by atoms with van der Waals surface area (Å²) in [7, 11) is 0. The molecule has 1 aliphatic carbocycles. The number of hydrogen-bond acceptors (Lipinski definition) is 3. The van der Waals surface area contributed by atoms with Gasteiger partial charge in [0, 0.05) is 11.6 Å². The Bertz CT molecular complexity index is 744. The third kappa shape index (κ3) is 4.29. The van der Waals surface area contributed by atoms with Crippen LogP contribution in [0.15, 0.2) is 54.6 Å². The normalized spacial score (nSPS) is 19.6. The lowest BCUT2D eigenvalue weighted by atomic mass is 9.83. The van der Waals surface area contributed by atoms with Gasteiger partial charge in [-0.15, -0.1) is 0 Å². The van der Waals surface area contributed by atoms with E-state index in [2.05, 4.69) is 10.6 Å². The van der Waals surface area contributed by atoms with E-state index in [9.17, 15) is 9.59 Å². The van der Waals surface area contributed by atoms with Crippen LogP contribution in [0.5, 0.6) is 0 Å². The lowest BCUT2D eigenvalue weighted by Gasteiger charge is -2.31. The van der Waals surface area contributed by atoms with Gasteiger partial charge in [-0.1, -0.05) is 55.3 Å². The molecule has 0 radical (unpaired) electrons. The van der Waals surface area contributed by atoms with Gasteiger partial charge in [-0.2, -0.15) is 0 Å². The SMILES string of the molecule is NCNC(=O)[C@@H]1CCCC[C@@H]1NC(=O)c1ccc(-c2ccccc2)cc1. The lowest BCUT2D eigenvalue weighted by molar-refractivity contribution is -0.126. The number of hydrogen-bond donors (Lipinski definition) is 3. The van der Waals surface area contributed by atoms with Gasteiger partial charge in [0.25, 0.3) is 5.91 Å². The molecule has 5 heteroatoms. The van der Waals surface area contributed by atoms with E-state index < -0.39 is 0 Å². The molecule has 1 fully saturated rings. The van der Waals surface area contributed by atoms with E-state index in [0.29, 0.717) is 5.56 Å². The highest BCUT2D eigenvalue weighted by Gasteiger charge is 2.31. The van der Waals surface area contributed by atoms with Crippen LogP contribution in [-0.2, 0) is 4.79 Å². The van der Waals surface area contributed by atoms with Crippen molar-refractivity contribution in [2.45, 2.75) is 31.7 Å². The summed E-state index contributed by atoms with van der Waals surface area (Å²) in [5.41, 5.74) is 8.21. The first-order valence-corrected chi connectivity index (χ1v) is 9.13. The van der Waals surface area contributed by atoms with Gasteiger partial charge >= 0.3 is 0 Å². The number of benzene rings is 2. The number of carbonyl (C=O) groups is 2. The molecule has 0 aliphatic heterocycles. The van der Waals surface area contributed by atoms with Gasteiger partial charge in [0.05, 0.1) is 12.6 Å². The molecule has 0 heterocycles. The maximum Gasteiger partial charge on any atom is 0.251 e. The van der Waals surface area contributed by atoms with Gasteiger partial charge in [-0.25, -0.2) is 0 Å². The fourth-order valence-corrected chi connectivity index (χ4v) is 3.55. The topological polar surface area (TPSA) is 84.2 Å². The summed E-state index contributed by atoms with van der Waals surface area (Å²) in [4.78, 5) is 24.8. The Balaban J connectivity index is 1.67. The molecule has 0 saturated heterocycles. The first kappa shape index (κ1) is 18.1. The summed E-state index contributed by atoms with van der Waals surface area (Å²) >= 11 is 0. The molecule has 136 valence electrons. The van der Waals surface area contributed by atoms with Crippen molar-refractivity contribution in [1.29, 1.82) is 0 Å². The Morgan fingerprint density at radius 2 is 1.58 bits per heavy atom. The van der Waals surface area contributed by atoms with Crippen molar-refractivity contribution >= 4 is 11.8 Å². The molecular formula is C21H25N3O2. The van der Waals surface area contributed by atoms with Gasteiger partial charge in [-0.3, -0.25) is 9.59 Å². The van der Waals surface area contributed by atoms with Gasteiger partial charge in [0.1, 0.15) is 0 Å². The van der Waals surface area contributed by atoms with Crippen LogP contribution in [-0.4, -0.2) is 24.5 Å². The molecule has 0 aromatic heterocycles. The molecule has 5 nitrogen and oxygen atoms in total. The van der Waals surface area contributed by atoms with E-state index in [1.54, 1.807) is 0 Å². The molecule has 1 saturated carbocycles. The van der Waals surface area contributed by atoms with E-state index >= 15 is 0 Å². The van der Waals surface area contributed by atoms with Crippen LogP contribution in [0.2, 0.25) is 0 Å². The van der Waals surface area contributed by atoms with Crippen LogP contribution >= 0.6 is 0 Å². The van der Waals surface area contributed by atoms with Crippen molar-refractivity contribution in [3.05, 3.63) is 60.2 Å². The molecule has 4 N–H and O–H groups in total. The van der Waals surface area contributed by atoms with Crippen molar-refractivity contribution < 1.29 is 9.59 Å². The first-order valence-electron chi connectivity index (χ1n) is 9.13. The van der Waals surface area contributed by atoms with Crippen LogP contribution in [0, 0.1) is 5.92 Å². The summed E-state index contributed by atoms with van der Waals surface area (Å²) in [6.07, 6.45) is 3.62. The predicted octanol–water partition coefficient (Wildman–Crippen LogP) is 2.67. The van der Waals surface area contributed by atoms with E-state index in [-0.39, 0.29) is 30.4 Å². The zero-order valence-corrected chi connectivity index (χ0v) is 14.8. The maximum atomic E-state index is 12.6. The molecule has 0 unspecified atom stereocenters. The predicted molar refractivity (Wildman–Crippen MR) is 102 cm³/mol. The summed E-state index contributed by atoms with van der Waals surface area (Å²) in [6, 6.07) is 17.5. The Labute approximate surface area is 154 Å². The van der Waals surface area contributed by atoms with E-state index in [4.69, 9.17) is 5.73 Å². The average molecular weight is 351 g/mol. The van der Waals surface area contributed by atoms with E-state index in [0.717, 1.165) is 36.8 Å². The van der Waals surface area contributed by atoms with Gasteiger partial charge < -0.3 is 16.4 Å². The molecule has 2 atom stereocenters. The zero-order valence-electron chi connectivity index (χ0n) is 14.8. The highest BCUT2D eigenvalue weighted by Crippen LogP contribution is 2.25. The molecular weight excluding hydrogens is 326 g/mol. The van der Waals surface area contributed by atoms with Crippen molar-refractivity contribution in [3.63, 3.8) is 0 Å². The summed E-state index contributed by atoms with van der Waals surface area (Å²) in [5, 5.41) is 5.71. The van der Waals surface area contributed by atoms with Gasteiger partial charge in [0.15, 0.2) is 0 Å². The van der Waals surface area contributed by atoms with Crippen LogP contribution < -0.4 is 16.4 Å². The Morgan fingerprint density at radius 3 is 2.27 bits per heavy atom. The molecule has 1 aliphatic rings. The van der Waals surface area contributed by atoms with E-state index in [1.807, 2.05) is 54.6 Å². The van der Waals surface area contributed by atoms with Crippen LogP contribution in [0.1, 0.15) is 36.0 Å². The minimum absolute atomic E-state index is 0.0723. The molecule has 2 aromatic carbocycles. The monoisotopic (exact) mass is 351 g/mol. The highest BCUT2D eigenvalue weighted by atomic mass is 16.2. The van der Waals surface area contributed by atoms with Gasteiger partial charge in [-0.05, 0) is 36.1 Å². The van der Waals surface area contributed by atoms with Crippen LogP contribution in [0.25, 0.3) is 11.1 Å². The fraction of sp³-hybridized carbons (Fsp3) is 0.333. The molecule has 26 heavy (non-hydrogen) atoms. The van der Waals surface area contributed by atoms with Crippen LogP contribution in [0.3, 0.4) is 0 Å². The standard InChI is InChI=1S/C21H25N3O2/c22-14-23-21(26)18-8-4-5-9-19(18)24-20(25)17-12-10-16(11-13-17)15-6-2-1-3-7-15/h1-3,6-7,10-13,18-19H,4-5,8-9,14,22H2,(H,23,26)(H,24,25)/t18-,19+/m1/s1. The van der Waals surface area contributed by atoms with Crippen molar-refractivity contribution in [2.24, 2.45) is 11.7 Å². The molecule has 0 bridgehead atoms. The second-order valence-corrected chi connectivity index (χ2v) is 6.66. The zero-order chi connectivity index (χ0) is 18.4. The summed E-state index contributed by atoms with van der Waals surface area (Å²) in [5.74, 6) is -0.418. The van der Waals surface area contributed by atoms with Crippen molar-refractivity contribution in [1.82, 2.24) is 10.6 Å². The minimum Gasteiger partial charge on any atom is -0.349 e. The number of nitrogens with one attached hydrogen (secondary N) is 2. The first-order chi connectivity index (χ1) is 12.7.